The van der Waals surface area contributed by atoms with Crippen LogP contribution < -0.4 is 14.4 Å². The summed E-state index contributed by atoms with van der Waals surface area (Å²) in [7, 11) is 0. The third-order valence-corrected chi connectivity index (χ3v) is 4.34. The van der Waals surface area contributed by atoms with Crippen LogP contribution in [0.15, 0.2) is 48.5 Å². The Bertz CT molecular complexity index is 894. The summed E-state index contributed by atoms with van der Waals surface area (Å²) in [6, 6.07) is 14.5. The number of benzene rings is 2. The number of para-hydroxylation sites is 2. The zero-order valence-electron chi connectivity index (χ0n) is 14.5. The van der Waals surface area contributed by atoms with Gasteiger partial charge in [0.25, 0.3) is 5.88 Å². The van der Waals surface area contributed by atoms with Crippen LogP contribution in [0, 0.1) is 0 Å². The third-order valence-electron chi connectivity index (χ3n) is 4.34. The summed E-state index contributed by atoms with van der Waals surface area (Å²) in [4.78, 5) is 11.7. The summed E-state index contributed by atoms with van der Waals surface area (Å²) in [5, 5.41) is 9.47. The molecule has 1 aliphatic heterocycles. The molecule has 1 saturated heterocycles. The minimum atomic E-state index is 0.181. The van der Waals surface area contributed by atoms with Gasteiger partial charge in [0.1, 0.15) is 24.7 Å². The summed E-state index contributed by atoms with van der Waals surface area (Å²) in [5.74, 6) is 2.14. The van der Waals surface area contributed by atoms with E-state index in [1.165, 1.54) is 0 Å². The van der Waals surface area contributed by atoms with E-state index in [-0.39, 0.29) is 5.75 Å². The Morgan fingerprint density at radius 2 is 1.62 bits per heavy atom. The molecule has 0 aliphatic carbocycles. The van der Waals surface area contributed by atoms with Crippen molar-refractivity contribution in [1.29, 1.82) is 0 Å². The average molecular weight is 351 g/mol. The lowest BCUT2D eigenvalue weighted by molar-refractivity contribution is 0.212. The Balaban J connectivity index is 1.48. The van der Waals surface area contributed by atoms with Crippen molar-refractivity contribution in [2.24, 2.45) is 0 Å². The number of anilines is 1. The van der Waals surface area contributed by atoms with Crippen molar-refractivity contribution in [3.05, 3.63) is 48.5 Å². The maximum Gasteiger partial charge on any atom is 0.258 e. The molecular weight excluding hydrogens is 330 g/mol. The molecular formula is C20H21N3O3. The third kappa shape index (κ3) is 3.64. The van der Waals surface area contributed by atoms with Crippen molar-refractivity contribution in [2.75, 3.05) is 31.2 Å². The molecule has 0 atom stereocenters. The molecule has 6 nitrogen and oxygen atoms in total. The van der Waals surface area contributed by atoms with Crippen LogP contribution in [0.4, 0.5) is 5.82 Å². The second-order valence-corrected chi connectivity index (χ2v) is 6.23. The molecule has 1 aliphatic rings. The van der Waals surface area contributed by atoms with Crippen LogP contribution in [0.1, 0.15) is 12.8 Å². The van der Waals surface area contributed by atoms with Gasteiger partial charge in [-0.25, -0.2) is 9.97 Å². The Labute approximate surface area is 152 Å². The summed E-state index contributed by atoms with van der Waals surface area (Å²) in [5.41, 5.74) is 1.69. The first-order valence-electron chi connectivity index (χ1n) is 8.86. The Morgan fingerprint density at radius 3 is 2.38 bits per heavy atom. The van der Waals surface area contributed by atoms with Gasteiger partial charge in [0.15, 0.2) is 5.82 Å². The number of phenolic OH excluding ortho intramolecular Hbond substituents is 1. The molecule has 2 heterocycles. The summed E-state index contributed by atoms with van der Waals surface area (Å²) < 4.78 is 11.5. The van der Waals surface area contributed by atoms with Crippen LogP contribution >= 0.6 is 0 Å². The highest BCUT2D eigenvalue weighted by molar-refractivity contribution is 5.77. The van der Waals surface area contributed by atoms with Gasteiger partial charge in [-0.3, -0.25) is 0 Å². The molecule has 134 valence electrons. The van der Waals surface area contributed by atoms with Gasteiger partial charge in [-0.15, -0.1) is 0 Å². The lowest BCUT2D eigenvalue weighted by Gasteiger charge is -2.19. The highest BCUT2D eigenvalue weighted by Gasteiger charge is 2.20. The number of aromatic nitrogens is 2. The molecule has 3 aromatic rings. The van der Waals surface area contributed by atoms with Gasteiger partial charge in [0.2, 0.25) is 0 Å². The number of phenols is 1. The molecule has 0 amide bonds. The number of fused-ring (bicyclic) bond motifs is 1. The van der Waals surface area contributed by atoms with Crippen LogP contribution in [-0.4, -0.2) is 41.4 Å². The Morgan fingerprint density at radius 1 is 0.885 bits per heavy atom. The van der Waals surface area contributed by atoms with Crippen molar-refractivity contribution < 1.29 is 14.6 Å². The van der Waals surface area contributed by atoms with E-state index in [0.717, 1.165) is 42.8 Å². The SMILES string of the molecule is Oc1cccc(OCCOc2nc3ccccc3nc2N2CCCC2)c1. The van der Waals surface area contributed by atoms with Crippen molar-refractivity contribution in [3.63, 3.8) is 0 Å². The quantitative estimate of drug-likeness (QED) is 0.687. The Kier molecular flexibility index (Phi) is 4.73. The zero-order chi connectivity index (χ0) is 17.8. The molecule has 0 spiro atoms. The van der Waals surface area contributed by atoms with E-state index in [0.29, 0.717) is 24.8 Å². The second kappa shape index (κ2) is 7.47. The average Bonchev–Trinajstić information content (AvgIpc) is 3.19. The van der Waals surface area contributed by atoms with Crippen LogP contribution in [0.5, 0.6) is 17.4 Å². The maximum absolute atomic E-state index is 9.47. The summed E-state index contributed by atoms with van der Waals surface area (Å²) >= 11 is 0. The van der Waals surface area contributed by atoms with E-state index in [4.69, 9.17) is 14.5 Å². The van der Waals surface area contributed by atoms with E-state index in [9.17, 15) is 5.11 Å². The van der Waals surface area contributed by atoms with Gasteiger partial charge in [0, 0.05) is 19.2 Å². The van der Waals surface area contributed by atoms with Crippen molar-refractivity contribution in [2.45, 2.75) is 12.8 Å². The van der Waals surface area contributed by atoms with Gasteiger partial charge in [-0.05, 0) is 37.1 Å². The predicted octanol–water partition coefficient (Wildman–Crippen LogP) is 3.39. The highest BCUT2D eigenvalue weighted by atomic mass is 16.5. The minimum Gasteiger partial charge on any atom is -0.508 e. The minimum absolute atomic E-state index is 0.181. The van der Waals surface area contributed by atoms with Crippen LogP contribution in [0.25, 0.3) is 11.0 Å². The fourth-order valence-electron chi connectivity index (χ4n) is 3.08. The first kappa shape index (κ1) is 16.4. The number of aromatic hydroxyl groups is 1. The topological polar surface area (TPSA) is 67.7 Å². The fraction of sp³-hybridized carbons (Fsp3) is 0.300. The largest absolute Gasteiger partial charge is 0.508 e. The maximum atomic E-state index is 9.47. The lowest BCUT2D eigenvalue weighted by atomic mass is 10.3. The zero-order valence-corrected chi connectivity index (χ0v) is 14.5. The molecule has 2 aromatic carbocycles. The summed E-state index contributed by atoms with van der Waals surface area (Å²) in [6.07, 6.45) is 2.32. The number of nitrogens with zero attached hydrogens (tertiary/aromatic N) is 3. The molecule has 0 unspecified atom stereocenters. The fourth-order valence-corrected chi connectivity index (χ4v) is 3.08. The molecule has 26 heavy (non-hydrogen) atoms. The smallest absolute Gasteiger partial charge is 0.258 e. The van der Waals surface area contributed by atoms with Crippen molar-refractivity contribution in [3.8, 4) is 17.4 Å². The molecule has 4 rings (SSSR count). The van der Waals surface area contributed by atoms with E-state index in [2.05, 4.69) is 9.88 Å². The van der Waals surface area contributed by atoms with Gasteiger partial charge < -0.3 is 19.5 Å². The van der Waals surface area contributed by atoms with E-state index in [1.807, 2.05) is 24.3 Å². The van der Waals surface area contributed by atoms with Crippen molar-refractivity contribution >= 4 is 16.9 Å². The van der Waals surface area contributed by atoms with Gasteiger partial charge in [-0.2, -0.15) is 0 Å². The second-order valence-electron chi connectivity index (χ2n) is 6.23. The molecule has 1 N–H and O–H groups in total. The lowest BCUT2D eigenvalue weighted by Crippen LogP contribution is -2.21. The van der Waals surface area contributed by atoms with Gasteiger partial charge in [-0.1, -0.05) is 18.2 Å². The molecule has 0 bridgehead atoms. The van der Waals surface area contributed by atoms with Gasteiger partial charge >= 0.3 is 0 Å². The molecule has 6 heteroatoms. The van der Waals surface area contributed by atoms with Crippen molar-refractivity contribution in [1.82, 2.24) is 9.97 Å². The number of rotatable bonds is 6. The monoisotopic (exact) mass is 351 g/mol. The Hall–Kier alpha value is -3.02. The first-order chi connectivity index (χ1) is 12.8. The molecule has 1 aromatic heterocycles. The summed E-state index contributed by atoms with van der Waals surface area (Å²) in [6.45, 7) is 2.66. The number of ether oxygens (including phenoxy) is 2. The van der Waals surface area contributed by atoms with Crippen LogP contribution in [0.2, 0.25) is 0 Å². The predicted molar refractivity (Wildman–Crippen MR) is 100 cm³/mol. The number of hydrogen-bond donors (Lipinski definition) is 1. The standard InChI is InChI=1S/C20H21N3O3/c24-15-6-5-7-16(14-15)25-12-13-26-20-19(23-10-3-4-11-23)21-17-8-1-2-9-18(17)22-20/h1-2,5-9,14,24H,3-4,10-13H2. The van der Waals surface area contributed by atoms with Crippen LogP contribution in [0.3, 0.4) is 0 Å². The van der Waals surface area contributed by atoms with Gasteiger partial charge in [0.05, 0.1) is 11.0 Å². The molecule has 0 radical (unpaired) electrons. The van der Waals surface area contributed by atoms with E-state index < -0.39 is 0 Å². The first-order valence-corrected chi connectivity index (χ1v) is 8.86. The molecule has 1 fully saturated rings. The van der Waals surface area contributed by atoms with E-state index in [1.54, 1.807) is 24.3 Å². The highest BCUT2D eigenvalue weighted by Crippen LogP contribution is 2.29. The molecule has 0 saturated carbocycles. The van der Waals surface area contributed by atoms with Crippen LogP contribution in [-0.2, 0) is 0 Å². The normalized spacial score (nSPS) is 13.9. The number of hydrogen-bond acceptors (Lipinski definition) is 6. The van der Waals surface area contributed by atoms with E-state index >= 15 is 0 Å².